The largest absolute Gasteiger partial charge is 0.348 e. The molecule has 1 aliphatic heterocycles. The molecule has 0 radical (unpaired) electrons. The number of quaternary nitrogens is 2. The predicted molar refractivity (Wildman–Crippen MR) is 97.3 cm³/mol. The zero-order valence-corrected chi connectivity index (χ0v) is 15.3. The van der Waals surface area contributed by atoms with Gasteiger partial charge in [0.1, 0.15) is 44.1 Å². The highest BCUT2D eigenvalue weighted by molar-refractivity contribution is 5.77. The molecule has 0 aromatic carbocycles. The Labute approximate surface area is 152 Å². The van der Waals surface area contributed by atoms with E-state index in [-0.39, 0.29) is 11.5 Å². The topological polar surface area (TPSA) is 72.3 Å². The van der Waals surface area contributed by atoms with Crippen LogP contribution in [0, 0.1) is 6.92 Å². The molecule has 1 saturated carbocycles. The highest BCUT2D eigenvalue weighted by Gasteiger charge is 2.28. The Morgan fingerprint density at radius 1 is 1.23 bits per heavy atom. The van der Waals surface area contributed by atoms with Crippen LogP contribution < -0.4 is 20.7 Å². The third-order valence-electron chi connectivity index (χ3n) is 5.38. The van der Waals surface area contributed by atoms with Gasteiger partial charge in [0.25, 0.3) is 11.5 Å². The van der Waals surface area contributed by atoms with Crippen LogP contribution in [0.2, 0.25) is 0 Å². The summed E-state index contributed by atoms with van der Waals surface area (Å²) in [7, 11) is 0. The molecule has 3 heterocycles. The van der Waals surface area contributed by atoms with E-state index in [9.17, 15) is 9.59 Å². The first-order valence-corrected chi connectivity index (χ1v) is 9.53. The summed E-state index contributed by atoms with van der Waals surface area (Å²) in [6.45, 7) is 7.24. The van der Waals surface area contributed by atoms with Gasteiger partial charge in [0, 0.05) is 17.8 Å². The van der Waals surface area contributed by atoms with Gasteiger partial charge in [-0.2, -0.15) is 0 Å². The van der Waals surface area contributed by atoms with E-state index in [0.29, 0.717) is 18.2 Å². The molecule has 0 unspecified atom stereocenters. The standard InChI is InChI=1S/C19H25N5O2/c1-14-3-2-4-17-20-16(11-19(26)24(14)17)12-22-7-9-23(10-8-22)13-18(25)21-15-5-6-15/h2-4,11,15H,5-10,12-13H2,1H3,(H,21,25)/p+2. The molecule has 0 atom stereocenters. The normalized spacial score (nSPS) is 23.1. The fourth-order valence-corrected chi connectivity index (χ4v) is 3.75. The van der Waals surface area contributed by atoms with Gasteiger partial charge in [0.15, 0.2) is 6.54 Å². The van der Waals surface area contributed by atoms with E-state index in [1.807, 2.05) is 25.1 Å². The minimum absolute atomic E-state index is 0.0106. The second-order valence-corrected chi connectivity index (χ2v) is 7.64. The molecule has 1 amide bonds. The number of carbonyl (C=O) groups excluding carboxylic acids is 1. The Bertz CT molecular complexity index is 866. The molecular weight excluding hydrogens is 330 g/mol. The predicted octanol–water partition coefficient (Wildman–Crippen LogP) is -2.44. The number of nitrogens with zero attached hydrogens (tertiary/aromatic N) is 2. The first-order chi connectivity index (χ1) is 12.6. The third kappa shape index (κ3) is 3.94. The van der Waals surface area contributed by atoms with Crippen molar-refractivity contribution in [2.24, 2.45) is 0 Å². The summed E-state index contributed by atoms with van der Waals surface area (Å²) in [4.78, 5) is 31.8. The van der Waals surface area contributed by atoms with Gasteiger partial charge in [-0.25, -0.2) is 4.98 Å². The van der Waals surface area contributed by atoms with E-state index in [0.717, 1.165) is 57.0 Å². The van der Waals surface area contributed by atoms with Crippen LogP contribution in [-0.2, 0) is 11.3 Å². The van der Waals surface area contributed by atoms with E-state index in [1.54, 1.807) is 10.5 Å². The van der Waals surface area contributed by atoms with Crippen LogP contribution in [0.3, 0.4) is 0 Å². The molecule has 138 valence electrons. The van der Waals surface area contributed by atoms with Crippen molar-refractivity contribution in [2.75, 3.05) is 32.7 Å². The number of hydrogen-bond donors (Lipinski definition) is 3. The minimum atomic E-state index is -0.0106. The smallest absolute Gasteiger partial charge is 0.275 e. The van der Waals surface area contributed by atoms with Crippen LogP contribution in [-0.4, -0.2) is 54.1 Å². The zero-order valence-electron chi connectivity index (χ0n) is 15.3. The Balaban J connectivity index is 1.35. The summed E-state index contributed by atoms with van der Waals surface area (Å²) in [5, 5.41) is 3.07. The lowest BCUT2D eigenvalue weighted by Crippen LogP contribution is -3.28. The summed E-state index contributed by atoms with van der Waals surface area (Å²) in [6, 6.07) is 7.84. The molecule has 2 fully saturated rings. The van der Waals surface area contributed by atoms with Gasteiger partial charge in [-0.05, 0) is 31.9 Å². The fraction of sp³-hybridized carbons (Fsp3) is 0.526. The van der Waals surface area contributed by atoms with E-state index in [1.165, 1.54) is 9.80 Å². The molecule has 3 N–H and O–H groups in total. The molecule has 2 aromatic rings. The van der Waals surface area contributed by atoms with Crippen LogP contribution in [0.4, 0.5) is 0 Å². The average molecular weight is 357 g/mol. The fourth-order valence-electron chi connectivity index (χ4n) is 3.75. The summed E-state index contributed by atoms with van der Waals surface area (Å²) in [5.41, 5.74) is 2.46. The molecule has 0 bridgehead atoms. The molecule has 1 saturated heterocycles. The van der Waals surface area contributed by atoms with Crippen LogP contribution in [0.25, 0.3) is 5.65 Å². The van der Waals surface area contributed by atoms with Crippen molar-refractivity contribution in [3.05, 3.63) is 46.0 Å². The van der Waals surface area contributed by atoms with Crippen molar-refractivity contribution in [3.8, 4) is 0 Å². The Hall–Kier alpha value is -2.25. The number of aromatic nitrogens is 2. The van der Waals surface area contributed by atoms with Crippen molar-refractivity contribution in [2.45, 2.75) is 32.4 Å². The summed E-state index contributed by atoms with van der Waals surface area (Å²) in [5.74, 6) is 0.186. The van der Waals surface area contributed by atoms with Gasteiger partial charge in [0.2, 0.25) is 0 Å². The van der Waals surface area contributed by atoms with Crippen molar-refractivity contribution in [1.82, 2.24) is 14.7 Å². The Morgan fingerprint density at radius 3 is 2.69 bits per heavy atom. The molecule has 26 heavy (non-hydrogen) atoms. The van der Waals surface area contributed by atoms with Gasteiger partial charge < -0.3 is 15.1 Å². The van der Waals surface area contributed by atoms with Gasteiger partial charge in [-0.1, -0.05) is 6.07 Å². The van der Waals surface area contributed by atoms with E-state index < -0.39 is 0 Å². The first-order valence-electron chi connectivity index (χ1n) is 9.53. The maximum absolute atomic E-state index is 12.4. The highest BCUT2D eigenvalue weighted by atomic mass is 16.2. The number of aryl methyl sites for hydroxylation is 1. The Morgan fingerprint density at radius 2 is 1.96 bits per heavy atom. The summed E-state index contributed by atoms with van der Waals surface area (Å²) >= 11 is 0. The SMILES string of the molecule is Cc1cccc2nc(C[NH+]3CC[NH+](CC(=O)NC4CC4)CC3)cc(=O)n12. The molecule has 4 rings (SSSR count). The second kappa shape index (κ2) is 7.17. The molecule has 7 nitrogen and oxygen atoms in total. The number of nitrogens with one attached hydrogen (secondary N) is 3. The van der Waals surface area contributed by atoms with Gasteiger partial charge >= 0.3 is 0 Å². The van der Waals surface area contributed by atoms with Gasteiger partial charge in [-0.15, -0.1) is 0 Å². The summed E-state index contributed by atoms with van der Waals surface area (Å²) < 4.78 is 1.65. The molecule has 0 spiro atoms. The second-order valence-electron chi connectivity index (χ2n) is 7.64. The monoisotopic (exact) mass is 357 g/mol. The number of piperazine rings is 1. The Kier molecular flexibility index (Phi) is 4.74. The average Bonchev–Trinajstić information content (AvgIpc) is 3.40. The molecule has 2 aromatic heterocycles. The van der Waals surface area contributed by atoms with E-state index in [2.05, 4.69) is 10.3 Å². The number of fused-ring (bicyclic) bond motifs is 1. The number of rotatable bonds is 5. The van der Waals surface area contributed by atoms with Crippen LogP contribution in [0.5, 0.6) is 0 Å². The number of hydrogen-bond acceptors (Lipinski definition) is 3. The lowest BCUT2D eigenvalue weighted by atomic mass is 10.2. The van der Waals surface area contributed by atoms with E-state index >= 15 is 0 Å². The maximum atomic E-state index is 12.4. The lowest BCUT2D eigenvalue weighted by molar-refractivity contribution is -1.02. The van der Waals surface area contributed by atoms with Crippen molar-refractivity contribution < 1.29 is 14.6 Å². The zero-order chi connectivity index (χ0) is 18.1. The molecule has 1 aliphatic carbocycles. The highest BCUT2D eigenvalue weighted by Crippen LogP contribution is 2.17. The lowest BCUT2D eigenvalue weighted by Gasteiger charge is -2.29. The van der Waals surface area contributed by atoms with Crippen LogP contribution in [0.1, 0.15) is 24.2 Å². The van der Waals surface area contributed by atoms with Crippen molar-refractivity contribution >= 4 is 11.6 Å². The quantitative estimate of drug-likeness (QED) is 0.557. The minimum Gasteiger partial charge on any atom is -0.348 e. The van der Waals surface area contributed by atoms with E-state index in [4.69, 9.17) is 0 Å². The number of carbonyl (C=O) groups is 1. The summed E-state index contributed by atoms with van der Waals surface area (Å²) in [6.07, 6.45) is 2.27. The van der Waals surface area contributed by atoms with Gasteiger partial charge in [0.05, 0.1) is 0 Å². The van der Waals surface area contributed by atoms with Gasteiger partial charge in [-0.3, -0.25) is 14.0 Å². The molecule has 2 aliphatic rings. The molecular formula is C19H27N5O2+2. The molecule has 7 heteroatoms. The van der Waals surface area contributed by atoms with Crippen LogP contribution in [0.15, 0.2) is 29.1 Å². The maximum Gasteiger partial charge on any atom is 0.275 e. The van der Waals surface area contributed by atoms with Crippen LogP contribution >= 0.6 is 0 Å². The number of amides is 1. The van der Waals surface area contributed by atoms with Crippen molar-refractivity contribution in [3.63, 3.8) is 0 Å². The number of pyridine rings is 1. The first kappa shape index (κ1) is 17.2. The third-order valence-corrected chi connectivity index (χ3v) is 5.38. The van der Waals surface area contributed by atoms with Crippen molar-refractivity contribution in [1.29, 1.82) is 0 Å².